The number of thioether (sulfide) groups is 1. The highest BCUT2D eigenvalue weighted by Gasteiger charge is 2.32. The third kappa shape index (κ3) is 19.9. The first kappa shape index (κ1) is 81.4. The van der Waals surface area contributed by atoms with Gasteiger partial charge in [-0.05, 0) is 220 Å². The summed E-state index contributed by atoms with van der Waals surface area (Å²) in [4.78, 5) is 72.4. The van der Waals surface area contributed by atoms with E-state index in [1.165, 1.54) is 28.5 Å². The fraction of sp³-hybridized carbons (Fsp3) is 0.539. The Morgan fingerprint density at radius 3 is 1.29 bits per heavy atom. The van der Waals surface area contributed by atoms with Crippen LogP contribution in [-0.4, -0.2) is 171 Å². The number of aryl methyl sites for hydroxylation is 6. The second-order valence-electron chi connectivity index (χ2n) is 31.0. The molecule has 19 heteroatoms. The van der Waals surface area contributed by atoms with E-state index in [1.54, 1.807) is 4.90 Å². The number of H-pyrrole nitrogens is 2. The maximum atomic E-state index is 15.3. The molecule has 9 aliphatic heterocycles. The molecule has 0 saturated carbocycles. The van der Waals surface area contributed by atoms with Crippen molar-refractivity contribution in [3.05, 3.63) is 122 Å². The number of allylic oxidation sites excluding steroid dienone is 4. The minimum Gasteiger partial charge on any atom is -0.493 e. The molecule has 1 saturated heterocycles. The lowest BCUT2D eigenvalue weighted by atomic mass is 9.84. The molecule has 3 amide bonds. The number of hydrogen-bond acceptors (Lipinski definition) is 14. The summed E-state index contributed by atoms with van der Waals surface area (Å²) >= 11 is 1.29. The highest BCUT2D eigenvalue weighted by molar-refractivity contribution is 8.13. The van der Waals surface area contributed by atoms with Crippen LogP contribution in [0.1, 0.15) is 214 Å². The zero-order valence-electron chi connectivity index (χ0n) is 67.1. The maximum absolute atomic E-state index is 15.3. The maximum Gasteiger partial charge on any atom is 0.285 e. The predicted molar refractivity (Wildman–Crippen MR) is 443 cm³/mol. The number of carbonyl (C=O) groups excluding carboxylic acids is 3. The van der Waals surface area contributed by atoms with E-state index in [-0.39, 0.29) is 35.3 Å². The molecule has 1 fully saturated rings. The van der Waals surface area contributed by atoms with Crippen LogP contribution in [0.4, 0.5) is 16.2 Å². The number of fused-ring (bicyclic) bond motifs is 6. The van der Waals surface area contributed by atoms with E-state index in [0.29, 0.717) is 154 Å². The van der Waals surface area contributed by atoms with Gasteiger partial charge in [-0.15, -0.1) is 0 Å². The van der Waals surface area contributed by atoms with Crippen LogP contribution in [-0.2, 0) is 59.6 Å². The molecular weight excluding hydrogens is 1370 g/mol. The molecule has 108 heavy (non-hydrogen) atoms. The van der Waals surface area contributed by atoms with Crippen LogP contribution < -0.4 is 20.1 Å². The zero-order valence-corrected chi connectivity index (χ0v) is 68.0. The van der Waals surface area contributed by atoms with Gasteiger partial charge >= 0.3 is 0 Å². The number of aromatic nitrogens is 4. The number of hydrogen-bond donors (Lipinski definition) is 4. The molecule has 0 spiro atoms. The quantitative estimate of drug-likeness (QED) is 0.0797. The van der Waals surface area contributed by atoms with Crippen molar-refractivity contribution in [1.82, 2.24) is 34.6 Å². The average Bonchev–Trinajstić information content (AvgIpc) is 1.57. The largest absolute Gasteiger partial charge is 0.493 e. The van der Waals surface area contributed by atoms with Gasteiger partial charge in [-0.1, -0.05) is 98.4 Å². The molecule has 582 valence electrons. The summed E-state index contributed by atoms with van der Waals surface area (Å²) in [7, 11) is 3.63. The molecule has 3 aromatic heterocycles. The number of anilines is 2. The number of carbonyl (C=O) groups is 3. The Hall–Kier alpha value is -7.62. The number of benzene rings is 3. The minimum absolute atomic E-state index is 0.0556. The molecule has 3 aromatic carbocycles. The third-order valence-electron chi connectivity index (χ3n) is 21.9. The fourth-order valence-electron chi connectivity index (χ4n) is 15.5. The highest BCUT2D eigenvalue weighted by Crippen LogP contribution is 2.50. The lowest BCUT2D eigenvalue weighted by molar-refractivity contribution is -0.117. The first-order valence-electron chi connectivity index (χ1n) is 40.4. The number of rotatable bonds is 13. The van der Waals surface area contributed by atoms with Crippen molar-refractivity contribution in [2.75, 3.05) is 130 Å². The van der Waals surface area contributed by atoms with Gasteiger partial charge in [0, 0.05) is 93.3 Å². The smallest absolute Gasteiger partial charge is 0.285 e. The molecule has 4 N–H and O–H groups in total. The Morgan fingerprint density at radius 1 is 0.509 bits per heavy atom. The van der Waals surface area contributed by atoms with Gasteiger partial charge in [-0.2, -0.15) is 0 Å². The Kier molecular flexibility index (Phi) is 29.3. The van der Waals surface area contributed by atoms with Crippen molar-refractivity contribution in [3.8, 4) is 33.8 Å². The number of amides is 3. The number of ether oxygens (including phenoxy) is 6. The lowest BCUT2D eigenvalue weighted by Gasteiger charge is -2.25. The van der Waals surface area contributed by atoms with E-state index in [9.17, 15) is 4.79 Å². The van der Waals surface area contributed by atoms with E-state index < -0.39 is 0 Å². The zero-order chi connectivity index (χ0) is 76.4. The number of unbranched alkanes of at least 4 members (excludes halogenated alkanes) is 4. The molecule has 0 aliphatic carbocycles. The van der Waals surface area contributed by atoms with Crippen LogP contribution >= 0.6 is 11.8 Å². The summed E-state index contributed by atoms with van der Waals surface area (Å²) in [6.45, 7) is 32.0. The second kappa shape index (κ2) is 38.8. The molecule has 12 heterocycles. The van der Waals surface area contributed by atoms with Crippen LogP contribution in [0.15, 0.2) is 65.6 Å². The number of nitrogens with one attached hydrogen (secondary N) is 4. The third-order valence-corrected chi connectivity index (χ3v) is 23.2. The summed E-state index contributed by atoms with van der Waals surface area (Å²) in [5.74, 6) is 0.944. The minimum atomic E-state index is -0.224. The summed E-state index contributed by atoms with van der Waals surface area (Å²) in [6, 6.07) is 21.4. The van der Waals surface area contributed by atoms with Crippen molar-refractivity contribution in [2.24, 2.45) is 0 Å². The molecule has 6 aromatic rings. The molecule has 0 unspecified atom stereocenters. The van der Waals surface area contributed by atoms with Crippen LogP contribution in [0.5, 0.6) is 11.5 Å². The van der Waals surface area contributed by atoms with Gasteiger partial charge in [0.05, 0.1) is 122 Å². The summed E-state index contributed by atoms with van der Waals surface area (Å²) < 4.78 is 39.7. The van der Waals surface area contributed by atoms with Gasteiger partial charge in [-0.3, -0.25) is 24.2 Å². The first-order chi connectivity index (χ1) is 52.3. The summed E-state index contributed by atoms with van der Waals surface area (Å²) in [6.07, 6.45) is 13.7. The van der Waals surface area contributed by atoms with Gasteiger partial charge < -0.3 is 53.9 Å². The van der Waals surface area contributed by atoms with Crippen molar-refractivity contribution < 1.29 is 42.8 Å². The van der Waals surface area contributed by atoms with Gasteiger partial charge in [0.2, 0.25) is 11.8 Å². The Morgan fingerprint density at radius 2 is 0.907 bits per heavy atom. The van der Waals surface area contributed by atoms with Gasteiger partial charge in [0.25, 0.3) is 5.24 Å². The van der Waals surface area contributed by atoms with Crippen molar-refractivity contribution in [1.29, 1.82) is 0 Å². The van der Waals surface area contributed by atoms with E-state index in [4.69, 9.17) is 38.4 Å². The number of aromatic amines is 2. The van der Waals surface area contributed by atoms with Gasteiger partial charge in [0.1, 0.15) is 11.5 Å². The molecular formula is C89H121N9O9S. The van der Waals surface area contributed by atoms with Crippen LogP contribution in [0.2, 0.25) is 0 Å². The van der Waals surface area contributed by atoms with E-state index in [2.05, 4.69) is 143 Å². The van der Waals surface area contributed by atoms with E-state index >= 15 is 9.59 Å². The monoisotopic (exact) mass is 1490 g/mol. The highest BCUT2D eigenvalue weighted by atomic mass is 32.2. The van der Waals surface area contributed by atoms with Crippen molar-refractivity contribution in [3.63, 3.8) is 0 Å². The van der Waals surface area contributed by atoms with Gasteiger partial charge in [-0.25, -0.2) is 9.97 Å². The van der Waals surface area contributed by atoms with Crippen molar-refractivity contribution in [2.45, 2.75) is 202 Å². The number of nitrogens with zero attached hydrogens (tertiary/aromatic N) is 5. The predicted octanol–water partition coefficient (Wildman–Crippen LogP) is 19.0. The molecule has 16 bridgehead atoms. The average molecular weight is 1490 g/mol. The Bertz CT molecular complexity index is 4130. The lowest BCUT2D eigenvalue weighted by Crippen LogP contribution is -2.35. The van der Waals surface area contributed by atoms with Crippen LogP contribution in [0.25, 0.3) is 66.6 Å². The standard InChI is InChI=1S/C89H121N9O9S/c1-14-18-28-65-58(5)83-81-79-69-32-22-34-75(79)106-44-24-26-62-54-64(89(9,10)11)55-63(87(62)108-88(101)96(12)13)27-25-45-107-76-35-23-33-70(91-78(100)37-39-98-42-48-104-52-50-102-46-40-97(38-36-77(99)90-69)41-47-103-51-53-105-49-43-98)80(76)82(85-59(6)66(29-19-15-2)72(93-85)56-71(65)92-83)86-61(8)68(31-21-17-4)74(95-86)57-73-67(30-20-16-3)60(7)84(81)94-73/h22-23,32-35,54-57,92,95H,14-21,24-31,36-53H2,1-13H3,(H,90,99)(H,91,100). The van der Waals surface area contributed by atoms with E-state index in [1.807, 2.05) is 38.4 Å². The molecule has 15 rings (SSSR count). The van der Waals surface area contributed by atoms with Gasteiger partial charge in [0.15, 0.2) is 0 Å². The topological polar surface area (TPSA) is 198 Å². The molecule has 9 aliphatic rings. The van der Waals surface area contributed by atoms with Crippen molar-refractivity contribution >= 4 is 84.5 Å². The van der Waals surface area contributed by atoms with E-state index in [0.717, 1.165) is 194 Å². The van der Waals surface area contributed by atoms with Crippen LogP contribution in [0.3, 0.4) is 0 Å². The molecule has 0 atom stereocenters. The summed E-state index contributed by atoms with van der Waals surface area (Å²) in [5.41, 5.74) is 23.6. The normalized spacial score (nSPS) is 18.0. The fourth-order valence-corrected chi connectivity index (χ4v) is 16.4. The first-order valence-corrected chi connectivity index (χ1v) is 41.2. The second-order valence-corrected chi connectivity index (χ2v) is 32.0. The summed E-state index contributed by atoms with van der Waals surface area (Å²) in [5, 5.41) is 7.04. The Balaban J connectivity index is 1.31. The molecule has 18 nitrogen and oxygen atoms in total. The Labute approximate surface area is 646 Å². The SMILES string of the molecule is CCCCC1=C(C)c2nc1cc1[nH]c(c(C)c1CCCC)c1c3nc(cc4[nH]c(c(C)c4CCCC)c2-c2c4cccc2OCCCc2cc(C(C)(C)C)cc(c2SC(=O)N(C)C)CCCOc2cccc(c2-1)NC(=O)CCN1CCOCCOCCN(CCOCCOCC1)CCC(=O)N4)C(CCCC)=C3C. The molecule has 0 radical (unpaired) electrons. The van der Waals surface area contributed by atoms with Crippen LogP contribution in [0, 0.1) is 13.8 Å².